The van der Waals surface area contributed by atoms with Crippen molar-refractivity contribution in [2.24, 2.45) is 5.41 Å². The Kier molecular flexibility index (Phi) is 19.2. The molecule has 5 N–H and O–H groups in total. The van der Waals surface area contributed by atoms with Gasteiger partial charge >= 0.3 is 5.97 Å². The second kappa shape index (κ2) is 26.8. The van der Waals surface area contributed by atoms with Crippen LogP contribution in [0.4, 0.5) is 10.3 Å². The summed E-state index contributed by atoms with van der Waals surface area (Å²) in [6.45, 7) is 9.58. The molecule has 3 aromatic heterocycles. The summed E-state index contributed by atoms with van der Waals surface area (Å²) in [5.41, 5.74) is 8.12. The molecule has 2 aliphatic rings. The number of hydrogen-bond donors (Lipinski definition) is 5. The van der Waals surface area contributed by atoms with Gasteiger partial charge in [-0.25, -0.2) is 19.7 Å². The summed E-state index contributed by atoms with van der Waals surface area (Å²) >= 11 is 4.35. The molecule has 0 unspecified atom stereocenters. The normalized spacial score (nSPS) is 15.4. The Morgan fingerprint density at radius 3 is 2.44 bits per heavy atom. The number of β-amino-alcohol motifs (C(OH)–C–C–N with tert-alkyl or cyclic N) is 1. The van der Waals surface area contributed by atoms with Gasteiger partial charge in [-0.1, -0.05) is 92.5 Å². The zero-order valence-corrected chi connectivity index (χ0v) is 47.9. The molecule has 3 atom stereocenters. The Hall–Kier alpha value is -7.58. The lowest BCUT2D eigenvalue weighted by Gasteiger charge is -2.35. The molecule has 21 heteroatoms. The lowest BCUT2D eigenvalue weighted by molar-refractivity contribution is -0.144. The van der Waals surface area contributed by atoms with Crippen LogP contribution in [0.2, 0.25) is 0 Å². The molecule has 1 saturated heterocycles. The van der Waals surface area contributed by atoms with E-state index in [9.17, 15) is 34.2 Å². The first-order valence-electron chi connectivity index (χ1n) is 26.8. The van der Waals surface area contributed by atoms with Crippen LogP contribution in [0.25, 0.3) is 20.7 Å². The number of carboxylic acids is 1. The van der Waals surface area contributed by atoms with Crippen molar-refractivity contribution >= 4 is 84.1 Å². The van der Waals surface area contributed by atoms with Gasteiger partial charge in [-0.05, 0) is 103 Å². The molecule has 0 bridgehead atoms. The predicted molar refractivity (Wildman–Crippen MR) is 313 cm³/mol. The molecule has 4 aromatic carbocycles. The molecule has 0 saturated carbocycles. The zero-order valence-electron chi connectivity index (χ0n) is 45.5. The van der Waals surface area contributed by atoms with Crippen LogP contribution < -0.4 is 25.6 Å². The number of ether oxygens (including phenoxy) is 3. The van der Waals surface area contributed by atoms with Crippen LogP contribution in [0.5, 0.6) is 5.75 Å². The monoisotopic (exact) mass is 1150 g/mol. The average Bonchev–Trinajstić information content (AvgIpc) is 4.38. The largest absolute Gasteiger partial charge is 0.494 e. The Balaban J connectivity index is 0.657. The molecule has 0 radical (unpaired) electrons. The highest BCUT2D eigenvalue weighted by atomic mass is 32.1. The van der Waals surface area contributed by atoms with Crippen molar-refractivity contribution in [2.75, 3.05) is 56.3 Å². The fourth-order valence-electron chi connectivity index (χ4n) is 9.59. The smallest absolute Gasteiger partial charge is 0.355 e. The van der Waals surface area contributed by atoms with E-state index in [1.165, 1.54) is 27.6 Å². The van der Waals surface area contributed by atoms with Crippen molar-refractivity contribution in [1.29, 1.82) is 0 Å². The SMILES string of the molecule is Cc1ncsc1-c1ccc(CNC(=O)[C@@H]2C[C@@H](O)CN2C(=O)[C@@H](NC(=O)COCCCOCC#Cc2ccc(OCCCc3sc(N4CCc5cccc(C(=O)Nc6nc7ccccc7s6)c5C4)nc3C(=O)O)cc2)C(C)(C)C)cc1. The van der Waals surface area contributed by atoms with E-state index in [0.717, 1.165) is 48.6 Å². The number of benzene rings is 4. The van der Waals surface area contributed by atoms with Crippen LogP contribution in [0.1, 0.15) is 93.7 Å². The summed E-state index contributed by atoms with van der Waals surface area (Å²) in [5, 5.41) is 30.5. The first kappa shape index (κ1) is 58.1. The quantitative estimate of drug-likeness (QED) is 0.0317. The highest BCUT2D eigenvalue weighted by Gasteiger charge is 2.44. The zero-order chi connectivity index (χ0) is 57.0. The van der Waals surface area contributed by atoms with Gasteiger partial charge in [0, 0.05) is 55.2 Å². The molecular formula is C60H64N8O10S3. The van der Waals surface area contributed by atoms with Crippen LogP contribution in [-0.4, -0.2) is 124 Å². The molecule has 9 rings (SSSR count). The maximum absolute atomic E-state index is 14.0. The van der Waals surface area contributed by atoms with E-state index in [2.05, 4.69) is 42.7 Å². The van der Waals surface area contributed by atoms with Crippen molar-refractivity contribution in [1.82, 2.24) is 30.5 Å². The molecule has 18 nitrogen and oxygen atoms in total. The number of hydrogen-bond acceptors (Lipinski definition) is 16. The number of aryl methyl sites for hydroxylation is 2. The number of amides is 4. The highest BCUT2D eigenvalue weighted by molar-refractivity contribution is 7.22. The van der Waals surface area contributed by atoms with Gasteiger partial charge in [0.05, 0.1) is 45.6 Å². The molecule has 81 heavy (non-hydrogen) atoms. The van der Waals surface area contributed by atoms with Gasteiger partial charge in [-0.3, -0.25) is 24.5 Å². The number of carboxylic acid groups (broad SMARTS) is 1. The van der Waals surface area contributed by atoms with E-state index in [4.69, 9.17) is 14.2 Å². The number of aliphatic hydroxyl groups is 1. The molecular weight excluding hydrogens is 1090 g/mol. The van der Waals surface area contributed by atoms with Gasteiger partial charge in [0.1, 0.15) is 31.0 Å². The van der Waals surface area contributed by atoms with Gasteiger partial charge in [0.2, 0.25) is 17.7 Å². The van der Waals surface area contributed by atoms with E-state index in [1.807, 2.05) is 129 Å². The number of anilines is 2. The van der Waals surface area contributed by atoms with Gasteiger partial charge in [0.15, 0.2) is 16.0 Å². The Morgan fingerprint density at radius 1 is 0.901 bits per heavy atom. The number of nitrogens with one attached hydrogen (secondary N) is 3. The first-order valence-corrected chi connectivity index (χ1v) is 29.3. The number of rotatable bonds is 22. The topological polar surface area (TPSA) is 235 Å². The minimum atomic E-state index is -1.09. The number of carbonyl (C=O) groups is 5. The van der Waals surface area contributed by atoms with Crippen molar-refractivity contribution in [2.45, 2.75) is 91.1 Å². The van der Waals surface area contributed by atoms with E-state index in [-0.39, 0.29) is 56.8 Å². The summed E-state index contributed by atoms with van der Waals surface area (Å²) in [5.74, 6) is 4.08. The third-order valence-corrected chi connectivity index (χ3v) is 16.9. The van der Waals surface area contributed by atoms with Gasteiger partial charge in [0.25, 0.3) is 5.91 Å². The number of thiazole rings is 3. The van der Waals surface area contributed by atoms with Crippen LogP contribution >= 0.6 is 34.0 Å². The number of carbonyl (C=O) groups excluding carboxylic acids is 4. The minimum absolute atomic E-state index is 0.0260. The fraction of sp³-hybridized carbons (Fsp3) is 0.367. The van der Waals surface area contributed by atoms with Gasteiger partial charge < -0.3 is 44.9 Å². The van der Waals surface area contributed by atoms with Crippen molar-refractivity contribution in [3.63, 3.8) is 0 Å². The molecule has 4 amide bonds. The second-order valence-corrected chi connectivity index (χ2v) is 23.8. The Morgan fingerprint density at radius 2 is 1.69 bits per heavy atom. The molecule has 7 aromatic rings. The van der Waals surface area contributed by atoms with E-state index < -0.39 is 41.4 Å². The molecule has 1 fully saturated rings. The van der Waals surface area contributed by atoms with Crippen LogP contribution in [-0.2, 0) is 49.8 Å². The number of para-hydroxylation sites is 1. The average molecular weight is 1150 g/mol. The molecule has 422 valence electrons. The number of likely N-dealkylation sites (tertiary alicyclic amines) is 1. The summed E-state index contributed by atoms with van der Waals surface area (Å²) < 4.78 is 18.2. The summed E-state index contributed by atoms with van der Waals surface area (Å²) in [6.07, 6.45) is 1.43. The molecule has 2 aliphatic heterocycles. The third kappa shape index (κ3) is 15.1. The lowest BCUT2D eigenvalue weighted by Crippen LogP contribution is -2.58. The van der Waals surface area contributed by atoms with Gasteiger partial charge in [-0.2, -0.15) is 0 Å². The number of nitrogens with zero attached hydrogens (tertiary/aromatic N) is 5. The maximum Gasteiger partial charge on any atom is 0.355 e. The fourth-order valence-corrected chi connectivity index (χ4v) is 12.4. The summed E-state index contributed by atoms with van der Waals surface area (Å²) in [6, 6.07) is 26.8. The Labute approximate surface area is 481 Å². The Bertz CT molecular complexity index is 3400. The number of aliphatic hydroxyl groups excluding tert-OH is 1. The summed E-state index contributed by atoms with van der Waals surface area (Å²) in [4.78, 5) is 85.0. The number of aromatic nitrogens is 3. The van der Waals surface area contributed by atoms with Crippen LogP contribution in [0, 0.1) is 24.2 Å². The number of fused-ring (bicyclic) bond motifs is 2. The third-order valence-electron chi connectivity index (χ3n) is 13.8. The standard InChI is InChI=1S/C60H64N8O10S3/c1-37-52(79-36-62-37)41-21-17-39(18-22-41)32-61-55(72)47-31-42(69)33-68(47)56(73)53(60(2,3)4)64-50(70)35-77-29-10-28-76-27-8-11-38-19-23-43(24-20-38)78-30-9-16-49-51(57(74)75)65-59(81-49)67-26-25-40-12-7-13-44(45(40)34-67)54(71)66-58-63-46-14-5-6-15-48(46)80-58/h5-7,12-15,17-24,36,42,47,53,69H,9-10,16,25-35H2,1-4H3,(H,61,72)(H,64,70)(H,74,75)(H,63,66,71)/t42-,47+,53-/m1/s1. The second-order valence-electron chi connectivity index (χ2n) is 20.8. The van der Waals surface area contributed by atoms with Crippen LogP contribution in [0.3, 0.4) is 0 Å². The van der Waals surface area contributed by atoms with Crippen molar-refractivity contribution in [3.05, 3.63) is 141 Å². The van der Waals surface area contributed by atoms with Gasteiger partial charge in [-0.15, -0.1) is 22.7 Å². The lowest BCUT2D eigenvalue weighted by atomic mass is 9.85. The van der Waals surface area contributed by atoms with E-state index in [1.54, 1.807) is 11.3 Å². The summed E-state index contributed by atoms with van der Waals surface area (Å²) in [7, 11) is 0. The molecule has 5 heterocycles. The first-order chi connectivity index (χ1) is 39.1. The van der Waals surface area contributed by atoms with Crippen molar-refractivity contribution in [3.8, 4) is 28.0 Å². The minimum Gasteiger partial charge on any atom is -0.494 e. The molecule has 0 aliphatic carbocycles. The van der Waals surface area contributed by atoms with E-state index >= 15 is 0 Å². The number of aromatic carboxylic acids is 1. The maximum atomic E-state index is 14.0. The highest BCUT2D eigenvalue weighted by Crippen LogP contribution is 2.34. The van der Waals surface area contributed by atoms with Crippen LogP contribution in [0.15, 0.2) is 96.5 Å². The predicted octanol–water partition coefficient (Wildman–Crippen LogP) is 8.29. The molecule has 0 spiro atoms. The van der Waals surface area contributed by atoms with E-state index in [0.29, 0.717) is 78.4 Å². The van der Waals surface area contributed by atoms with Crippen molar-refractivity contribution < 1.29 is 48.4 Å².